The van der Waals surface area contributed by atoms with E-state index in [4.69, 9.17) is 4.42 Å². The molecule has 98 valence electrons. The number of rotatable bonds is 4. The highest BCUT2D eigenvalue weighted by atomic mass is 16.3. The SMILES string of the molecule is CCCC(NC)c1ccc2oc3ccccc3c2c1. The monoisotopic (exact) mass is 253 g/mol. The Balaban J connectivity index is 2.15. The van der Waals surface area contributed by atoms with Crippen LogP contribution in [0.4, 0.5) is 0 Å². The van der Waals surface area contributed by atoms with Crippen molar-refractivity contribution in [2.45, 2.75) is 25.8 Å². The summed E-state index contributed by atoms with van der Waals surface area (Å²) in [7, 11) is 2.03. The molecule has 0 saturated heterocycles. The summed E-state index contributed by atoms with van der Waals surface area (Å²) in [4.78, 5) is 0. The topological polar surface area (TPSA) is 25.2 Å². The molecule has 3 rings (SSSR count). The largest absolute Gasteiger partial charge is 0.456 e. The Morgan fingerprint density at radius 3 is 2.63 bits per heavy atom. The summed E-state index contributed by atoms with van der Waals surface area (Å²) in [6.45, 7) is 2.22. The molecule has 0 aliphatic rings. The van der Waals surface area contributed by atoms with Crippen LogP contribution < -0.4 is 5.32 Å². The normalized spacial score (nSPS) is 13.2. The molecule has 2 nitrogen and oxygen atoms in total. The van der Waals surface area contributed by atoms with Crippen LogP contribution in [0.15, 0.2) is 46.9 Å². The second kappa shape index (κ2) is 5.06. The molecule has 0 radical (unpaired) electrons. The fourth-order valence-electron chi connectivity index (χ4n) is 2.73. The van der Waals surface area contributed by atoms with E-state index in [0.717, 1.165) is 17.6 Å². The minimum absolute atomic E-state index is 0.420. The average molecular weight is 253 g/mol. The van der Waals surface area contributed by atoms with Gasteiger partial charge in [0.15, 0.2) is 0 Å². The van der Waals surface area contributed by atoms with Crippen molar-refractivity contribution in [1.82, 2.24) is 5.32 Å². The highest BCUT2D eigenvalue weighted by Gasteiger charge is 2.11. The first kappa shape index (κ1) is 12.2. The second-order valence-electron chi connectivity index (χ2n) is 4.98. The van der Waals surface area contributed by atoms with Gasteiger partial charge in [0.2, 0.25) is 0 Å². The van der Waals surface area contributed by atoms with Gasteiger partial charge in [-0.2, -0.15) is 0 Å². The van der Waals surface area contributed by atoms with Crippen LogP contribution in [0.5, 0.6) is 0 Å². The minimum Gasteiger partial charge on any atom is -0.456 e. The number of hydrogen-bond acceptors (Lipinski definition) is 2. The number of nitrogens with one attached hydrogen (secondary N) is 1. The third-order valence-corrected chi connectivity index (χ3v) is 3.73. The average Bonchev–Trinajstić information content (AvgIpc) is 2.82. The Labute approximate surface area is 113 Å². The zero-order valence-corrected chi connectivity index (χ0v) is 11.4. The van der Waals surface area contributed by atoms with Crippen LogP contribution in [0, 0.1) is 0 Å². The van der Waals surface area contributed by atoms with Gasteiger partial charge in [0.1, 0.15) is 11.2 Å². The van der Waals surface area contributed by atoms with E-state index in [1.807, 2.05) is 19.2 Å². The smallest absolute Gasteiger partial charge is 0.135 e. The van der Waals surface area contributed by atoms with Gasteiger partial charge in [0.05, 0.1) is 0 Å². The van der Waals surface area contributed by atoms with Crippen molar-refractivity contribution in [2.24, 2.45) is 0 Å². The van der Waals surface area contributed by atoms with Crippen molar-refractivity contribution < 1.29 is 4.42 Å². The van der Waals surface area contributed by atoms with E-state index in [0.29, 0.717) is 6.04 Å². The lowest BCUT2D eigenvalue weighted by Gasteiger charge is -2.15. The van der Waals surface area contributed by atoms with Crippen molar-refractivity contribution in [3.8, 4) is 0 Å². The van der Waals surface area contributed by atoms with Crippen LogP contribution in [0.1, 0.15) is 31.4 Å². The first-order valence-corrected chi connectivity index (χ1v) is 6.92. The minimum atomic E-state index is 0.420. The zero-order valence-electron chi connectivity index (χ0n) is 11.4. The molecular weight excluding hydrogens is 234 g/mol. The van der Waals surface area contributed by atoms with Crippen molar-refractivity contribution >= 4 is 21.9 Å². The first-order valence-electron chi connectivity index (χ1n) is 6.92. The zero-order chi connectivity index (χ0) is 13.2. The van der Waals surface area contributed by atoms with E-state index < -0.39 is 0 Å². The summed E-state index contributed by atoms with van der Waals surface area (Å²) in [6, 6.07) is 15.2. The predicted molar refractivity (Wildman–Crippen MR) is 80.4 cm³/mol. The van der Waals surface area contributed by atoms with Crippen LogP contribution in [0.3, 0.4) is 0 Å². The molecule has 1 heterocycles. The summed E-state index contributed by atoms with van der Waals surface area (Å²) in [5, 5.41) is 5.81. The van der Waals surface area contributed by atoms with Crippen LogP contribution in [0.2, 0.25) is 0 Å². The molecule has 0 bridgehead atoms. The number of para-hydroxylation sites is 1. The fourth-order valence-corrected chi connectivity index (χ4v) is 2.73. The maximum atomic E-state index is 5.86. The summed E-state index contributed by atoms with van der Waals surface area (Å²) >= 11 is 0. The maximum Gasteiger partial charge on any atom is 0.135 e. The maximum absolute atomic E-state index is 5.86. The van der Waals surface area contributed by atoms with Gasteiger partial charge in [-0.3, -0.25) is 0 Å². The number of fused-ring (bicyclic) bond motifs is 3. The molecule has 3 aromatic rings. The quantitative estimate of drug-likeness (QED) is 0.732. The molecule has 0 saturated carbocycles. The van der Waals surface area contributed by atoms with Gasteiger partial charge < -0.3 is 9.73 Å². The molecule has 0 spiro atoms. The van der Waals surface area contributed by atoms with Gasteiger partial charge >= 0.3 is 0 Å². The number of benzene rings is 2. The molecular formula is C17H19NO. The Kier molecular flexibility index (Phi) is 3.26. The van der Waals surface area contributed by atoms with Crippen LogP contribution >= 0.6 is 0 Å². The van der Waals surface area contributed by atoms with Crippen molar-refractivity contribution in [3.05, 3.63) is 48.0 Å². The van der Waals surface area contributed by atoms with Crippen LogP contribution in [0.25, 0.3) is 21.9 Å². The molecule has 2 aromatic carbocycles. The van der Waals surface area contributed by atoms with E-state index in [-0.39, 0.29) is 0 Å². The Hall–Kier alpha value is -1.80. The molecule has 1 N–H and O–H groups in total. The van der Waals surface area contributed by atoms with E-state index in [2.05, 4.69) is 42.6 Å². The standard InChI is InChI=1S/C17H19NO/c1-3-6-15(18-2)12-9-10-17-14(11-12)13-7-4-5-8-16(13)19-17/h4-5,7-11,15,18H,3,6H2,1-2H3. The van der Waals surface area contributed by atoms with Crippen molar-refractivity contribution in [3.63, 3.8) is 0 Å². The molecule has 0 aliphatic carbocycles. The van der Waals surface area contributed by atoms with Gasteiger partial charge in [0.25, 0.3) is 0 Å². The van der Waals surface area contributed by atoms with E-state index in [9.17, 15) is 0 Å². The van der Waals surface area contributed by atoms with Gasteiger partial charge in [-0.1, -0.05) is 37.6 Å². The molecule has 2 heteroatoms. The molecule has 1 unspecified atom stereocenters. The van der Waals surface area contributed by atoms with E-state index >= 15 is 0 Å². The predicted octanol–water partition coefficient (Wildman–Crippen LogP) is 4.65. The Bertz CT molecular complexity index is 699. The van der Waals surface area contributed by atoms with Crippen molar-refractivity contribution in [2.75, 3.05) is 7.05 Å². The third kappa shape index (κ3) is 2.13. The Morgan fingerprint density at radius 2 is 1.84 bits per heavy atom. The van der Waals surface area contributed by atoms with Crippen LogP contribution in [-0.2, 0) is 0 Å². The summed E-state index contributed by atoms with van der Waals surface area (Å²) in [6.07, 6.45) is 2.33. The molecule has 1 aromatic heterocycles. The summed E-state index contributed by atoms with van der Waals surface area (Å²) in [5.74, 6) is 0. The highest BCUT2D eigenvalue weighted by Crippen LogP contribution is 2.31. The lowest BCUT2D eigenvalue weighted by Crippen LogP contribution is -2.15. The Morgan fingerprint density at radius 1 is 1.05 bits per heavy atom. The van der Waals surface area contributed by atoms with Crippen molar-refractivity contribution in [1.29, 1.82) is 0 Å². The summed E-state index contributed by atoms with van der Waals surface area (Å²) in [5.41, 5.74) is 3.27. The number of hydrogen-bond donors (Lipinski definition) is 1. The first-order chi connectivity index (χ1) is 9.33. The van der Waals surface area contributed by atoms with Gasteiger partial charge in [-0.15, -0.1) is 0 Å². The van der Waals surface area contributed by atoms with Gasteiger partial charge in [-0.05, 0) is 37.2 Å². The summed E-state index contributed by atoms with van der Waals surface area (Å²) < 4.78 is 5.86. The molecule has 0 fully saturated rings. The number of furan rings is 1. The lowest BCUT2D eigenvalue weighted by molar-refractivity contribution is 0.542. The van der Waals surface area contributed by atoms with E-state index in [1.54, 1.807) is 0 Å². The lowest BCUT2D eigenvalue weighted by atomic mass is 10.0. The second-order valence-corrected chi connectivity index (χ2v) is 4.98. The molecule has 0 aliphatic heterocycles. The van der Waals surface area contributed by atoms with Gasteiger partial charge in [-0.25, -0.2) is 0 Å². The molecule has 1 atom stereocenters. The molecule has 19 heavy (non-hydrogen) atoms. The highest BCUT2D eigenvalue weighted by molar-refractivity contribution is 6.05. The van der Waals surface area contributed by atoms with Crippen LogP contribution in [-0.4, -0.2) is 7.05 Å². The third-order valence-electron chi connectivity index (χ3n) is 3.73. The van der Waals surface area contributed by atoms with Gasteiger partial charge in [0, 0.05) is 16.8 Å². The fraction of sp³-hybridized carbons (Fsp3) is 0.294. The molecule has 0 amide bonds. The van der Waals surface area contributed by atoms with E-state index in [1.165, 1.54) is 22.8 Å².